The highest BCUT2D eigenvalue weighted by Crippen LogP contribution is 2.40. The number of nitrogens with zero attached hydrogens (tertiary/aromatic N) is 5. The molecule has 5 rings (SSSR count). The van der Waals surface area contributed by atoms with Crippen LogP contribution in [0.15, 0.2) is 65.3 Å². The lowest BCUT2D eigenvalue weighted by Gasteiger charge is -2.13. The first-order valence-corrected chi connectivity index (χ1v) is 14.5. The highest BCUT2D eigenvalue weighted by atomic mass is 79.9. The quantitative estimate of drug-likeness (QED) is 0.179. The Bertz CT molecular complexity index is 1700. The van der Waals surface area contributed by atoms with Crippen molar-refractivity contribution in [2.45, 2.75) is 39.0 Å². The summed E-state index contributed by atoms with van der Waals surface area (Å²) in [5.74, 6) is 0.0237. The van der Waals surface area contributed by atoms with Crippen LogP contribution in [0.5, 0.6) is 5.88 Å². The maximum atomic E-state index is 13.1. The largest absolute Gasteiger partial charge is 0.473 e. The molecular formula is C28H21BrCl2F3N5OS. The van der Waals surface area contributed by atoms with Gasteiger partial charge >= 0.3 is 6.18 Å². The summed E-state index contributed by atoms with van der Waals surface area (Å²) in [7, 11) is 0. The number of benzene rings is 2. The highest BCUT2D eigenvalue weighted by molar-refractivity contribution is 9.10. The van der Waals surface area contributed by atoms with Crippen LogP contribution < -0.4 is 4.74 Å². The van der Waals surface area contributed by atoms with Crippen LogP contribution in [0.3, 0.4) is 0 Å². The van der Waals surface area contributed by atoms with E-state index in [-0.39, 0.29) is 17.9 Å². The van der Waals surface area contributed by atoms with E-state index in [9.17, 15) is 13.2 Å². The maximum Gasteiger partial charge on any atom is 0.417 e. The molecule has 0 radical (unpaired) electrons. The van der Waals surface area contributed by atoms with Crippen molar-refractivity contribution >= 4 is 50.5 Å². The molecule has 0 unspecified atom stereocenters. The lowest BCUT2D eigenvalue weighted by atomic mass is 9.98. The summed E-state index contributed by atoms with van der Waals surface area (Å²) in [5, 5.41) is 16.0. The van der Waals surface area contributed by atoms with Crippen LogP contribution in [0.4, 0.5) is 13.2 Å². The van der Waals surface area contributed by atoms with Gasteiger partial charge in [-0.15, -0.1) is 10.2 Å². The molecule has 0 saturated carbocycles. The van der Waals surface area contributed by atoms with E-state index in [0.29, 0.717) is 37.7 Å². The van der Waals surface area contributed by atoms with Gasteiger partial charge in [-0.3, -0.25) is 0 Å². The predicted molar refractivity (Wildman–Crippen MR) is 158 cm³/mol. The van der Waals surface area contributed by atoms with Crippen molar-refractivity contribution in [2.75, 3.05) is 0 Å². The molecule has 0 amide bonds. The van der Waals surface area contributed by atoms with Crippen LogP contribution in [0.1, 0.15) is 36.9 Å². The molecule has 3 heterocycles. The monoisotopic (exact) mass is 681 g/mol. The molecule has 0 aliphatic carbocycles. The summed E-state index contributed by atoms with van der Waals surface area (Å²) in [5.41, 5.74) is 2.01. The van der Waals surface area contributed by atoms with Crippen LogP contribution in [-0.2, 0) is 18.2 Å². The average molecular weight is 683 g/mol. The molecule has 0 spiro atoms. The van der Waals surface area contributed by atoms with Crippen LogP contribution in [0.25, 0.3) is 27.6 Å². The van der Waals surface area contributed by atoms with E-state index in [1.165, 1.54) is 17.4 Å². The highest BCUT2D eigenvalue weighted by Gasteiger charge is 2.31. The van der Waals surface area contributed by atoms with E-state index < -0.39 is 11.7 Å². The molecule has 6 nitrogen and oxygen atoms in total. The Kier molecular flexibility index (Phi) is 8.17. The third-order valence-corrected chi connectivity index (χ3v) is 8.36. The third-order valence-electron chi connectivity index (χ3n) is 5.94. The van der Waals surface area contributed by atoms with E-state index >= 15 is 0 Å². The third kappa shape index (κ3) is 6.43. The number of ether oxygens (including phenoxy) is 1. The first-order valence-electron chi connectivity index (χ1n) is 12.1. The van der Waals surface area contributed by atoms with Gasteiger partial charge in [-0.2, -0.15) is 18.3 Å². The predicted octanol–water partition coefficient (Wildman–Crippen LogP) is 9.42. The molecule has 212 valence electrons. The first-order chi connectivity index (χ1) is 19.3. The standard InChI is InChI=1S/C28H21BrCl2F3N5OS/c1-27(2,3)26-37-36-25(41-26)23-19(14-40-22-11-6-16(13-35-22)28(32,33)34)24(15-4-7-17(29)8-5-15)39(38-23)21-10-9-18(30)12-20(21)31/h4-13H,14H2,1-3H3. The SMILES string of the molecule is CC(C)(C)c1nnc(-c2nn(-c3ccc(Cl)cc3Cl)c(-c3ccc(Br)cc3)c2COc2ccc(C(F)(F)F)cn2)s1. The van der Waals surface area contributed by atoms with E-state index in [0.717, 1.165) is 27.3 Å². The van der Waals surface area contributed by atoms with Crippen LogP contribution in [0, 0.1) is 0 Å². The summed E-state index contributed by atoms with van der Waals surface area (Å²) in [4.78, 5) is 3.87. The Morgan fingerprint density at radius 3 is 2.29 bits per heavy atom. The van der Waals surface area contributed by atoms with E-state index in [1.54, 1.807) is 22.9 Å². The summed E-state index contributed by atoms with van der Waals surface area (Å²) in [6.45, 7) is 6.04. The molecule has 13 heteroatoms. The van der Waals surface area contributed by atoms with E-state index in [1.807, 2.05) is 45.0 Å². The number of halogens is 6. The normalized spacial score (nSPS) is 12.1. The molecule has 0 N–H and O–H groups in total. The summed E-state index contributed by atoms with van der Waals surface area (Å²) in [6, 6.07) is 14.8. The fourth-order valence-corrected chi connectivity index (χ4v) is 5.56. The lowest BCUT2D eigenvalue weighted by Crippen LogP contribution is -2.10. The fraction of sp³-hybridized carbons (Fsp3) is 0.214. The molecular weight excluding hydrogens is 662 g/mol. The fourth-order valence-electron chi connectivity index (χ4n) is 3.89. The number of hydrogen-bond acceptors (Lipinski definition) is 6. The van der Waals surface area contributed by atoms with Gasteiger partial charge in [-0.25, -0.2) is 9.67 Å². The van der Waals surface area contributed by atoms with Gasteiger partial charge in [0.15, 0.2) is 5.01 Å². The minimum absolute atomic E-state index is 0.0237. The van der Waals surface area contributed by atoms with Crippen LogP contribution >= 0.6 is 50.5 Å². The van der Waals surface area contributed by atoms with Crippen LogP contribution in [0.2, 0.25) is 10.0 Å². The Labute approximate surface area is 256 Å². The second-order valence-electron chi connectivity index (χ2n) is 10.0. The van der Waals surface area contributed by atoms with Crippen LogP contribution in [-0.4, -0.2) is 25.0 Å². The number of rotatable bonds is 6. The summed E-state index contributed by atoms with van der Waals surface area (Å²) >= 11 is 17.7. The molecule has 2 aromatic carbocycles. The molecule has 3 aromatic heterocycles. The molecule has 0 atom stereocenters. The zero-order valence-corrected chi connectivity index (χ0v) is 25.7. The van der Waals surface area contributed by atoms with Crippen molar-refractivity contribution in [2.24, 2.45) is 0 Å². The van der Waals surface area contributed by atoms with Gasteiger partial charge in [-0.1, -0.05) is 83.4 Å². The number of aromatic nitrogens is 5. The van der Waals surface area contributed by atoms with Crippen molar-refractivity contribution < 1.29 is 17.9 Å². The Hall–Kier alpha value is -2.99. The second-order valence-corrected chi connectivity index (χ2v) is 12.8. The maximum absolute atomic E-state index is 13.1. The van der Waals surface area contributed by atoms with Crippen molar-refractivity contribution in [3.63, 3.8) is 0 Å². The Balaban J connectivity index is 1.69. The molecule has 0 aliphatic heterocycles. The average Bonchev–Trinajstić information content (AvgIpc) is 3.53. The van der Waals surface area contributed by atoms with Gasteiger partial charge in [-0.05, 0) is 36.4 Å². The minimum Gasteiger partial charge on any atom is -0.473 e. The Morgan fingerprint density at radius 2 is 1.71 bits per heavy atom. The van der Waals surface area contributed by atoms with Crippen molar-refractivity contribution in [3.8, 4) is 33.5 Å². The number of pyridine rings is 1. The molecule has 0 fully saturated rings. The Morgan fingerprint density at radius 1 is 0.976 bits per heavy atom. The number of hydrogen-bond donors (Lipinski definition) is 0. The van der Waals surface area contributed by atoms with Gasteiger partial charge in [0.1, 0.15) is 17.3 Å². The van der Waals surface area contributed by atoms with Gasteiger partial charge in [0.05, 0.1) is 22.0 Å². The van der Waals surface area contributed by atoms with Gasteiger partial charge in [0.25, 0.3) is 0 Å². The van der Waals surface area contributed by atoms with E-state index in [2.05, 4.69) is 31.1 Å². The molecule has 41 heavy (non-hydrogen) atoms. The molecule has 0 aliphatic rings. The van der Waals surface area contributed by atoms with E-state index in [4.69, 9.17) is 33.0 Å². The zero-order chi connectivity index (χ0) is 29.5. The molecule has 5 aromatic rings. The second kappa shape index (κ2) is 11.4. The van der Waals surface area contributed by atoms with Gasteiger partial charge in [0, 0.05) is 38.3 Å². The minimum atomic E-state index is -4.50. The zero-order valence-electron chi connectivity index (χ0n) is 21.8. The number of alkyl halides is 3. The molecule has 0 saturated heterocycles. The summed E-state index contributed by atoms with van der Waals surface area (Å²) < 4.78 is 47.7. The van der Waals surface area contributed by atoms with Crippen molar-refractivity contribution in [3.05, 3.63) is 91.4 Å². The van der Waals surface area contributed by atoms with Crippen molar-refractivity contribution in [1.29, 1.82) is 0 Å². The van der Waals surface area contributed by atoms with Crippen molar-refractivity contribution in [1.82, 2.24) is 25.0 Å². The molecule has 0 bridgehead atoms. The van der Waals surface area contributed by atoms with Gasteiger partial charge in [0.2, 0.25) is 5.88 Å². The first kappa shape index (κ1) is 29.5. The lowest BCUT2D eigenvalue weighted by molar-refractivity contribution is -0.137. The topological polar surface area (TPSA) is 65.7 Å². The van der Waals surface area contributed by atoms with Gasteiger partial charge < -0.3 is 4.74 Å². The summed E-state index contributed by atoms with van der Waals surface area (Å²) in [6.07, 6.45) is -3.77. The smallest absolute Gasteiger partial charge is 0.417 e.